The summed E-state index contributed by atoms with van der Waals surface area (Å²) in [4.78, 5) is 13.5. The zero-order chi connectivity index (χ0) is 12.7. The SMILES string of the molecule is CCCCCN1CCNC(CC(C)(C)C=O)C1. The standard InChI is InChI=1S/C14H28N2O/c1-4-5-6-8-16-9-7-15-13(11-16)10-14(2,3)12-17/h12-13,15H,4-11H2,1-3H3. The van der Waals surface area contributed by atoms with E-state index >= 15 is 0 Å². The molecule has 0 aromatic rings. The molecule has 0 radical (unpaired) electrons. The number of nitrogens with one attached hydrogen (secondary N) is 1. The van der Waals surface area contributed by atoms with Crippen LogP contribution in [0.5, 0.6) is 0 Å². The van der Waals surface area contributed by atoms with Crippen molar-refractivity contribution in [1.82, 2.24) is 10.2 Å². The molecule has 17 heavy (non-hydrogen) atoms. The first kappa shape index (κ1) is 14.7. The molecule has 1 aliphatic heterocycles. The summed E-state index contributed by atoms with van der Waals surface area (Å²) >= 11 is 0. The maximum Gasteiger partial charge on any atom is 0.125 e. The summed E-state index contributed by atoms with van der Waals surface area (Å²) in [6.45, 7) is 10.8. The van der Waals surface area contributed by atoms with E-state index in [4.69, 9.17) is 0 Å². The van der Waals surface area contributed by atoms with Gasteiger partial charge >= 0.3 is 0 Å². The number of unbranched alkanes of at least 4 members (excludes halogenated alkanes) is 2. The summed E-state index contributed by atoms with van der Waals surface area (Å²) in [6.07, 6.45) is 5.95. The molecule has 1 heterocycles. The Labute approximate surface area is 106 Å². The lowest BCUT2D eigenvalue weighted by Crippen LogP contribution is -2.52. The normalized spacial score (nSPS) is 22.6. The van der Waals surface area contributed by atoms with E-state index in [-0.39, 0.29) is 5.41 Å². The van der Waals surface area contributed by atoms with Crippen molar-refractivity contribution in [3.8, 4) is 0 Å². The number of piperazine rings is 1. The lowest BCUT2D eigenvalue weighted by molar-refractivity contribution is -0.115. The third-order valence-electron chi connectivity index (χ3n) is 3.51. The van der Waals surface area contributed by atoms with Crippen molar-refractivity contribution in [2.45, 2.75) is 52.5 Å². The Bertz CT molecular complexity index is 228. The van der Waals surface area contributed by atoms with Gasteiger partial charge in [-0.15, -0.1) is 0 Å². The van der Waals surface area contributed by atoms with Crippen LogP contribution in [0.3, 0.4) is 0 Å². The van der Waals surface area contributed by atoms with Crippen LogP contribution in [0.15, 0.2) is 0 Å². The van der Waals surface area contributed by atoms with Crippen LogP contribution in [-0.2, 0) is 4.79 Å². The molecule has 0 aromatic heterocycles. The number of carbonyl (C=O) groups is 1. The summed E-state index contributed by atoms with van der Waals surface area (Å²) < 4.78 is 0. The number of carbonyl (C=O) groups excluding carboxylic acids is 1. The van der Waals surface area contributed by atoms with Crippen LogP contribution >= 0.6 is 0 Å². The lowest BCUT2D eigenvalue weighted by atomic mass is 9.86. The van der Waals surface area contributed by atoms with Crippen molar-refractivity contribution in [1.29, 1.82) is 0 Å². The van der Waals surface area contributed by atoms with Crippen LogP contribution in [0.2, 0.25) is 0 Å². The fourth-order valence-corrected chi connectivity index (χ4v) is 2.50. The smallest absolute Gasteiger partial charge is 0.125 e. The first-order valence-corrected chi connectivity index (χ1v) is 6.99. The number of aldehydes is 1. The van der Waals surface area contributed by atoms with Crippen molar-refractivity contribution in [3.05, 3.63) is 0 Å². The second-order valence-electron chi connectivity index (χ2n) is 5.97. The van der Waals surface area contributed by atoms with Gasteiger partial charge < -0.3 is 15.0 Å². The van der Waals surface area contributed by atoms with E-state index in [1.165, 1.54) is 25.8 Å². The quantitative estimate of drug-likeness (QED) is 0.546. The largest absolute Gasteiger partial charge is 0.311 e. The molecule has 1 unspecified atom stereocenters. The van der Waals surface area contributed by atoms with Crippen LogP contribution < -0.4 is 5.32 Å². The Morgan fingerprint density at radius 1 is 1.41 bits per heavy atom. The molecule has 0 saturated carbocycles. The summed E-state index contributed by atoms with van der Waals surface area (Å²) in [5.74, 6) is 0. The molecule has 100 valence electrons. The van der Waals surface area contributed by atoms with Gasteiger partial charge in [-0.3, -0.25) is 0 Å². The highest BCUT2D eigenvalue weighted by molar-refractivity contribution is 5.57. The minimum atomic E-state index is -0.190. The van der Waals surface area contributed by atoms with E-state index in [0.717, 1.165) is 32.3 Å². The summed E-state index contributed by atoms with van der Waals surface area (Å²) in [5, 5.41) is 3.53. The van der Waals surface area contributed by atoms with Gasteiger partial charge in [0.1, 0.15) is 6.29 Å². The van der Waals surface area contributed by atoms with Gasteiger partial charge in [-0.2, -0.15) is 0 Å². The Balaban J connectivity index is 2.30. The van der Waals surface area contributed by atoms with E-state index in [0.29, 0.717) is 6.04 Å². The fraction of sp³-hybridized carbons (Fsp3) is 0.929. The first-order valence-electron chi connectivity index (χ1n) is 6.99. The van der Waals surface area contributed by atoms with Crippen molar-refractivity contribution in [2.24, 2.45) is 5.41 Å². The van der Waals surface area contributed by atoms with Gasteiger partial charge in [0.05, 0.1) is 0 Å². The Morgan fingerprint density at radius 3 is 2.82 bits per heavy atom. The van der Waals surface area contributed by atoms with Crippen LogP contribution in [0.1, 0.15) is 46.5 Å². The molecular weight excluding hydrogens is 212 g/mol. The van der Waals surface area contributed by atoms with E-state index in [2.05, 4.69) is 17.1 Å². The number of hydrogen-bond donors (Lipinski definition) is 1. The second-order valence-corrected chi connectivity index (χ2v) is 5.97. The Morgan fingerprint density at radius 2 is 2.18 bits per heavy atom. The minimum absolute atomic E-state index is 0.190. The van der Waals surface area contributed by atoms with E-state index in [9.17, 15) is 4.79 Å². The minimum Gasteiger partial charge on any atom is -0.311 e. The molecule has 0 aromatic carbocycles. The molecule has 1 saturated heterocycles. The Hall–Kier alpha value is -0.410. The summed E-state index contributed by atoms with van der Waals surface area (Å²) in [6, 6.07) is 0.477. The predicted octanol–water partition coefficient (Wildman–Crippen LogP) is 2.07. The van der Waals surface area contributed by atoms with Crippen LogP contribution in [0.25, 0.3) is 0 Å². The summed E-state index contributed by atoms with van der Waals surface area (Å²) in [7, 11) is 0. The number of hydrogen-bond acceptors (Lipinski definition) is 3. The molecule has 3 nitrogen and oxygen atoms in total. The molecule has 0 bridgehead atoms. The third-order valence-corrected chi connectivity index (χ3v) is 3.51. The highest BCUT2D eigenvalue weighted by atomic mass is 16.1. The second kappa shape index (κ2) is 7.12. The maximum atomic E-state index is 11.0. The van der Waals surface area contributed by atoms with Crippen molar-refractivity contribution < 1.29 is 4.79 Å². The van der Waals surface area contributed by atoms with Gasteiger partial charge in [0, 0.05) is 31.1 Å². The van der Waals surface area contributed by atoms with Gasteiger partial charge in [0.15, 0.2) is 0 Å². The molecule has 1 atom stereocenters. The maximum absolute atomic E-state index is 11.0. The third kappa shape index (κ3) is 5.64. The van der Waals surface area contributed by atoms with Crippen LogP contribution in [0.4, 0.5) is 0 Å². The van der Waals surface area contributed by atoms with Crippen molar-refractivity contribution in [2.75, 3.05) is 26.2 Å². The summed E-state index contributed by atoms with van der Waals surface area (Å²) in [5.41, 5.74) is -0.190. The average molecular weight is 240 g/mol. The molecular formula is C14H28N2O. The molecule has 3 heteroatoms. The van der Waals surface area contributed by atoms with Gasteiger partial charge in [-0.25, -0.2) is 0 Å². The molecule has 0 aliphatic carbocycles. The van der Waals surface area contributed by atoms with Crippen LogP contribution in [0, 0.1) is 5.41 Å². The highest BCUT2D eigenvalue weighted by Crippen LogP contribution is 2.20. The van der Waals surface area contributed by atoms with Crippen LogP contribution in [-0.4, -0.2) is 43.4 Å². The zero-order valence-corrected chi connectivity index (χ0v) is 11.7. The molecule has 1 N–H and O–H groups in total. The fourth-order valence-electron chi connectivity index (χ4n) is 2.50. The van der Waals surface area contributed by atoms with Crippen molar-refractivity contribution in [3.63, 3.8) is 0 Å². The monoisotopic (exact) mass is 240 g/mol. The van der Waals surface area contributed by atoms with E-state index in [1.807, 2.05) is 13.8 Å². The van der Waals surface area contributed by atoms with Gasteiger partial charge in [-0.1, -0.05) is 33.6 Å². The topological polar surface area (TPSA) is 32.3 Å². The molecule has 0 spiro atoms. The highest BCUT2D eigenvalue weighted by Gasteiger charge is 2.26. The molecule has 1 rings (SSSR count). The van der Waals surface area contributed by atoms with Crippen molar-refractivity contribution >= 4 is 6.29 Å². The molecule has 1 fully saturated rings. The van der Waals surface area contributed by atoms with Gasteiger partial charge in [-0.05, 0) is 19.4 Å². The lowest BCUT2D eigenvalue weighted by Gasteiger charge is -2.36. The van der Waals surface area contributed by atoms with E-state index < -0.39 is 0 Å². The van der Waals surface area contributed by atoms with E-state index in [1.54, 1.807) is 0 Å². The Kier molecular flexibility index (Phi) is 6.14. The number of rotatable bonds is 7. The van der Waals surface area contributed by atoms with Gasteiger partial charge in [0.25, 0.3) is 0 Å². The zero-order valence-electron chi connectivity index (χ0n) is 11.7. The average Bonchev–Trinajstić information content (AvgIpc) is 2.29. The molecule has 0 amide bonds. The number of nitrogens with zero attached hydrogens (tertiary/aromatic N) is 1. The van der Waals surface area contributed by atoms with Gasteiger partial charge in [0.2, 0.25) is 0 Å². The molecule has 1 aliphatic rings. The first-order chi connectivity index (χ1) is 8.07. The predicted molar refractivity (Wildman–Crippen MR) is 72.2 cm³/mol.